The number of hydrogen-bond donors (Lipinski definition) is 0. The molecule has 0 saturated carbocycles. The maximum atomic E-state index is 12.9. The summed E-state index contributed by atoms with van der Waals surface area (Å²) in [5.41, 5.74) is -0.712. The average molecular weight is 386 g/mol. The summed E-state index contributed by atoms with van der Waals surface area (Å²) in [5.74, 6) is 0.328. The molecule has 2 aromatic rings. The molecule has 3 aliphatic heterocycles. The summed E-state index contributed by atoms with van der Waals surface area (Å²) in [6.07, 6.45) is -2.06. The third kappa shape index (κ3) is 2.70. The van der Waals surface area contributed by atoms with Gasteiger partial charge in [-0.3, -0.25) is 4.79 Å². The minimum absolute atomic E-state index is 0.0184. The highest BCUT2D eigenvalue weighted by atomic mass is 35.5. The van der Waals surface area contributed by atoms with E-state index in [-0.39, 0.29) is 22.7 Å². The number of piperidine rings is 1. The fraction of sp³-hybridized carbons (Fsp3) is 0.438. The Kier molecular flexibility index (Phi) is 3.87. The maximum Gasteiger partial charge on any atom is 0.433 e. The van der Waals surface area contributed by atoms with Crippen LogP contribution in [0, 0.1) is 0 Å². The highest BCUT2D eigenvalue weighted by Crippen LogP contribution is 2.39. The number of anilines is 2. The lowest BCUT2D eigenvalue weighted by Gasteiger charge is -2.57. The van der Waals surface area contributed by atoms with E-state index in [0.717, 1.165) is 17.2 Å². The van der Waals surface area contributed by atoms with Gasteiger partial charge < -0.3 is 9.80 Å². The maximum absolute atomic E-state index is 12.9. The average Bonchev–Trinajstić information content (AvgIpc) is 2.59. The van der Waals surface area contributed by atoms with Crippen molar-refractivity contribution < 1.29 is 13.2 Å². The molecule has 0 N–H and O–H groups in total. The second kappa shape index (κ2) is 5.87. The molecule has 3 saturated heterocycles. The molecule has 26 heavy (non-hydrogen) atoms. The van der Waals surface area contributed by atoms with Crippen LogP contribution in [0.15, 0.2) is 29.2 Å². The highest BCUT2D eigenvalue weighted by Gasteiger charge is 2.46. The number of aryl methyl sites for hydroxylation is 1. The van der Waals surface area contributed by atoms with Crippen LogP contribution in [0.2, 0.25) is 5.02 Å². The fourth-order valence-electron chi connectivity index (χ4n) is 3.63. The van der Waals surface area contributed by atoms with Gasteiger partial charge in [0.15, 0.2) is 0 Å². The molecule has 3 aliphatic rings. The quantitative estimate of drug-likeness (QED) is 0.794. The standard InChI is InChI=1S/C16H15ClF3N5O/c1-23-15(26)14(17)11(6-21-23)24-7-9-5-10(8-24)25(9)13-4-2-3-12(22-13)16(18,19)20/h2-4,6,9-10H,5,7-8H2,1H3. The van der Waals surface area contributed by atoms with Crippen molar-refractivity contribution in [2.75, 3.05) is 22.9 Å². The third-order valence-electron chi connectivity index (χ3n) is 4.88. The van der Waals surface area contributed by atoms with E-state index in [4.69, 9.17) is 11.6 Å². The molecule has 0 aromatic carbocycles. The van der Waals surface area contributed by atoms with E-state index in [1.807, 2.05) is 9.80 Å². The van der Waals surface area contributed by atoms with E-state index in [9.17, 15) is 18.0 Å². The van der Waals surface area contributed by atoms with Gasteiger partial charge >= 0.3 is 6.18 Å². The van der Waals surface area contributed by atoms with Crippen LogP contribution >= 0.6 is 11.6 Å². The van der Waals surface area contributed by atoms with Gasteiger partial charge in [-0.1, -0.05) is 17.7 Å². The van der Waals surface area contributed by atoms with Crippen LogP contribution in [-0.4, -0.2) is 39.9 Å². The highest BCUT2D eigenvalue weighted by molar-refractivity contribution is 6.33. The Bertz CT molecular complexity index is 903. The molecule has 2 bridgehead atoms. The van der Waals surface area contributed by atoms with Gasteiger partial charge in [-0.05, 0) is 18.6 Å². The molecular weight excluding hydrogens is 371 g/mol. The first-order valence-corrected chi connectivity index (χ1v) is 8.43. The summed E-state index contributed by atoms with van der Waals surface area (Å²) in [6.45, 7) is 1.09. The van der Waals surface area contributed by atoms with E-state index in [2.05, 4.69) is 10.1 Å². The van der Waals surface area contributed by atoms with Gasteiger partial charge in [0, 0.05) is 20.1 Å². The fourth-order valence-corrected chi connectivity index (χ4v) is 3.92. The lowest BCUT2D eigenvalue weighted by molar-refractivity contribution is -0.141. The summed E-state index contributed by atoms with van der Waals surface area (Å²) in [5, 5.41) is 4.10. The van der Waals surface area contributed by atoms with Crippen molar-refractivity contribution in [2.24, 2.45) is 7.05 Å². The zero-order valence-electron chi connectivity index (χ0n) is 13.7. The summed E-state index contributed by atoms with van der Waals surface area (Å²) >= 11 is 6.15. The molecule has 2 unspecified atom stereocenters. The van der Waals surface area contributed by atoms with Crippen LogP contribution in [0.25, 0.3) is 0 Å². The van der Waals surface area contributed by atoms with Crippen molar-refractivity contribution in [1.82, 2.24) is 14.8 Å². The molecule has 0 radical (unpaired) electrons. The van der Waals surface area contributed by atoms with E-state index in [1.54, 1.807) is 12.3 Å². The van der Waals surface area contributed by atoms with Gasteiger partial charge in [0.1, 0.15) is 16.5 Å². The van der Waals surface area contributed by atoms with Crippen LogP contribution < -0.4 is 15.4 Å². The molecule has 2 aromatic heterocycles. The molecule has 5 rings (SSSR count). The minimum atomic E-state index is -4.47. The van der Waals surface area contributed by atoms with Crippen LogP contribution in [0.5, 0.6) is 0 Å². The lowest BCUT2D eigenvalue weighted by Crippen LogP contribution is -2.69. The van der Waals surface area contributed by atoms with Gasteiger partial charge in [0.25, 0.3) is 5.56 Å². The van der Waals surface area contributed by atoms with E-state index < -0.39 is 11.9 Å². The Labute approximate surface area is 151 Å². The molecule has 2 atom stereocenters. The van der Waals surface area contributed by atoms with Crippen molar-refractivity contribution in [3.63, 3.8) is 0 Å². The van der Waals surface area contributed by atoms with Crippen molar-refractivity contribution in [1.29, 1.82) is 0 Å². The lowest BCUT2D eigenvalue weighted by atomic mass is 9.87. The summed E-state index contributed by atoms with van der Waals surface area (Å²) < 4.78 is 39.9. The van der Waals surface area contributed by atoms with Crippen LogP contribution in [0.4, 0.5) is 24.7 Å². The van der Waals surface area contributed by atoms with Gasteiger partial charge in [-0.2, -0.15) is 18.3 Å². The number of nitrogens with zero attached hydrogens (tertiary/aromatic N) is 5. The number of pyridine rings is 1. The monoisotopic (exact) mass is 385 g/mol. The van der Waals surface area contributed by atoms with Gasteiger partial charge in [-0.25, -0.2) is 9.67 Å². The SMILES string of the molecule is Cn1ncc(N2CC3CC(C2)N3c2cccc(C(F)(F)F)n2)c(Cl)c1=O. The number of halogens is 4. The zero-order valence-corrected chi connectivity index (χ0v) is 14.5. The minimum Gasteiger partial charge on any atom is -0.365 e. The number of rotatable bonds is 2. The van der Waals surface area contributed by atoms with E-state index in [1.165, 1.54) is 13.1 Å². The Morgan fingerprint density at radius 1 is 1.23 bits per heavy atom. The second-order valence-corrected chi connectivity index (χ2v) is 6.88. The van der Waals surface area contributed by atoms with Crippen molar-refractivity contribution >= 4 is 23.1 Å². The second-order valence-electron chi connectivity index (χ2n) is 6.51. The Morgan fingerprint density at radius 2 is 1.92 bits per heavy atom. The summed E-state index contributed by atoms with van der Waals surface area (Å²) in [4.78, 5) is 19.6. The molecule has 5 heterocycles. The normalized spacial score (nSPS) is 22.3. The molecule has 138 valence electrons. The molecule has 6 nitrogen and oxygen atoms in total. The molecule has 0 amide bonds. The van der Waals surface area contributed by atoms with Crippen molar-refractivity contribution in [3.8, 4) is 0 Å². The largest absolute Gasteiger partial charge is 0.433 e. The zero-order chi connectivity index (χ0) is 18.6. The summed E-state index contributed by atoms with van der Waals surface area (Å²) in [7, 11) is 1.52. The van der Waals surface area contributed by atoms with Crippen LogP contribution in [-0.2, 0) is 13.2 Å². The van der Waals surface area contributed by atoms with Crippen LogP contribution in [0.1, 0.15) is 12.1 Å². The first kappa shape index (κ1) is 17.1. The predicted molar refractivity (Wildman–Crippen MR) is 90.6 cm³/mol. The van der Waals surface area contributed by atoms with Gasteiger partial charge in [0.05, 0.1) is 24.0 Å². The number of fused-ring (bicyclic) bond motifs is 2. The number of alkyl halides is 3. The first-order chi connectivity index (χ1) is 12.3. The van der Waals surface area contributed by atoms with Crippen LogP contribution in [0.3, 0.4) is 0 Å². The van der Waals surface area contributed by atoms with Gasteiger partial charge in [-0.15, -0.1) is 0 Å². The number of hydrogen-bond acceptors (Lipinski definition) is 5. The van der Waals surface area contributed by atoms with Crippen molar-refractivity contribution in [3.05, 3.63) is 45.5 Å². The Balaban J connectivity index is 1.57. The molecular formula is C16H15ClF3N5O. The Hall–Kier alpha value is -2.29. The van der Waals surface area contributed by atoms with Gasteiger partial charge in [0.2, 0.25) is 0 Å². The first-order valence-electron chi connectivity index (χ1n) is 8.05. The van der Waals surface area contributed by atoms with E-state index in [0.29, 0.717) is 24.6 Å². The smallest absolute Gasteiger partial charge is 0.365 e. The molecule has 0 aliphatic carbocycles. The molecule has 10 heteroatoms. The Morgan fingerprint density at radius 3 is 2.58 bits per heavy atom. The molecule has 0 spiro atoms. The number of piperazine rings is 1. The summed E-state index contributed by atoms with van der Waals surface area (Å²) in [6, 6.07) is 3.97. The third-order valence-corrected chi connectivity index (χ3v) is 5.24. The molecule has 3 fully saturated rings. The van der Waals surface area contributed by atoms with E-state index >= 15 is 0 Å². The predicted octanol–water partition coefficient (Wildman–Crippen LogP) is 2.32. The van der Waals surface area contributed by atoms with Crippen molar-refractivity contribution in [2.45, 2.75) is 24.7 Å². The number of aromatic nitrogens is 3. The topological polar surface area (TPSA) is 54.3 Å².